The zero-order valence-corrected chi connectivity index (χ0v) is 22.4. The fraction of sp³-hybridized carbons (Fsp3) is 0.464. The number of nitrogens with zero attached hydrogens (tertiary/aromatic N) is 4. The molecule has 2 amide bonds. The number of carbonyl (C=O) groups excluding carboxylic acids is 2. The van der Waals surface area contributed by atoms with Gasteiger partial charge in [-0.15, -0.1) is 0 Å². The second-order valence-electron chi connectivity index (χ2n) is 10.9. The molecule has 1 saturated heterocycles. The fourth-order valence-electron chi connectivity index (χ4n) is 4.72. The van der Waals surface area contributed by atoms with E-state index in [9.17, 15) is 24.3 Å². The van der Waals surface area contributed by atoms with Crippen molar-refractivity contribution < 1.29 is 23.8 Å². The summed E-state index contributed by atoms with van der Waals surface area (Å²) in [5.41, 5.74) is 1.57. The summed E-state index contributed by atoms with van der Waals surface area (Å²) >= 11 is 0. The lowest BCUT2D eigenvalue weighted by atomic mass is 9.80. The van der Waals surface area contributed by atoms with E-state index in [1.807, 2.05) is 12.1 Å². The fourth-order valence-corrected chi connectivity index (χ4v) is 4.72. The molecular formula is C28H32FN7O4. The van der Waals surface area contributed by atoms with E-state index >= 15 is 0 Å². The number of halogens is 1. The normalized spacial score (nSPS) is 21.0. The van der Waals surface area contributed by atoms with Crippen molar-refractivity contribution in [2.45, 2.75) is 57.0 Å². The Bertz CT molecular complexity index is 1450. The van der Waals surface area contributed by atoms with Crippen LogP contribution in [0.15, 0.2) is 36.7 Å². The molecule has 0 bridgehead atoms. The van der Waals surface area contributed by atoms with Crippen LogP contribution in [0.3, 0.4) is 0 Å². The van der Waals surface area contributed by atoms with Gasteiger partial charge in [-0.3, -0.25) is 14.6 Å². The number of fused-ring (bicyclic) bond motifs is 1. The first-order chi connectivity index (χ1) is 19.1. The average Bonchev–Trinajstić information content (AvgIpc) is 3.29. The van der Waals surface area contributed by atoms with Crippen molar-refractivity contribution in [3.05, 3.63) is 47.8 Å². The third kappa shape index (κ3) is 5.90. The van der Waals surface area contributed by atoms with Crippen LogP contribution < -0.4 is 16.0 Å². The predicted octanol–water partition coefficient (Wildman–Crippen LogP) is 2.20. The van der Waals surface area contributed by atoms with Crippen LogP contribution >= 0.6 is 0 Å². The second kappa shape index (κ2) is 11.2. The van der Waals surface area contributed by atoms with Gasteiger partial charge in [0.1, 0.15) is 18.3 Å². The molecule has 2 unspecified atom stereocenters. The van der Waals surface area contributed by atoms with Crippen LogP contribution in [-0.2, 0) is 9.53 Å². The largest absolute Gasteiger partial charge is 0.387 e. The number of amides is 2. The van der Waals surface area contributed by atoms with E-state index in [2.05, 4.69) is 32.1 Å². The Kier molecular flexibility index (Phi) is 7.69. The van der Waals surface area contributed by atoms with Gasteiger partial charge in [-0.1, -0.05) is 0 Å². The van der Waals surface area contributed by atoms with E-state index in [0.717, 1.165) is 24.8 Å². The standard InChI is InChI=1S/C28H32FN7O4/c1-28(2,39)25(29)15-33-26(37)20-14-31-22(23-4-3-19-9-17(11-30)13-34-36(19)23)10-21(20)35-18-7-16(8-18)12-32-27(38)24-5-6-40-24/h3-4,9-10,13-14,16,18,24-25,39H,5-8,12,15H2,1-2H3,(H,31,35)(H,32,38)(H,33,37). The zero-order chi connectivity index (χ0) is 28.4. The van der Waals surface area contributed by atoms with Crippen LogP contribution in [0.4, 0.5) is 10.1 Å². The van der Waals surface area contributed by atoms with Gasteiger partial charge in [0, 0.05) is 25.2 Å². The molecule has 5 rings (SSSR count). The minimum atomic E-state index is -1.65. The summed E-state index contributed by atoms with van der Waals surface area (Å²) in [6.07, 6.45) is 3.26. The highest BCUT2D eigenvalue weighted by molar-refractivity contribution is 6.00. The lowest BCUT2D eigenvalue weighted by Crippen LogP contribution is -2.47. The SMILES string of the molecule is CC(C)(O)C(F)CNC(=O)c1cnc(-c2ccc3cc(C#N)cnn23)cc1NC1CC(CNC(=O)C2CCO2)C1. The van der Waals surface area contributed by atoms with Gasteiger partial charge in [0.2, 0.25) is 5.91 Å². The summed E-state index contributed by atoms with van der Waals surface area (Å²) in [6, 6.07) is 9.27. The highest BCUT2D eigenvalue weighted by Gasteiger charge is 2.33. The Labute approximate surface area is 230 Å². The van der Waals surface area contributed by atoms with Gasteiger partial charge >= 0.3 is 0 Å². The van der Waals surface area contributed by atoms with E-state index < -0.39 is 17.7 Å². The Balaban J connectivity index is 1.32. The molecule has 210 valence electrons. The van der Waals surface area contributed by atoms with E-state index in [1.54, 1.807) is 16.6 Å². The summed E-state index contributed by atoms with van der Waals surface area (Å²) in [5.74, 6) is -0.297. The maximum absolute atomic E-state index is 14.3. The molecule has 2 fully saturated rings. The number of ether oxygens (including phenoxy) is 1. The van der Waals surface area contributed by atoms with Crippen LogP contribution in [-0.4, -0.2) is 75.1 Å². The number of carbonyl (C=O) groups is 2. The van der Waals surface area contributed by atoms with Gasteiger partial charge < -0.3 is 25.8 Å². The summed E-state index contributed by atoms with van der Waals surface area (Å²) < 4.78 is 21.2. The minimum absolute atomic E-state index is 0.0642. The molecule has 3 aromatic heterocycles. The van der Waals surface area contributed by atoms with Crippen LogP contribution in [0.2, 0.25) is 0 Å². The molecule has 12 heteroatoms. The van der Waals surface area contributed by atoms with Gasteiger partial charge in [-0.05, 0) is 56.9 Å². The molecule has 0 radical (unpaired) electrons. The summed E-state index contributed by atoms with van der Waals surface area (Å²) in [5, 5.41) is 32.3. The summed E-state index contributed by atoms with van der Waals surface area (Å²) in [6.45, 7) is 3.52. The molecule has 0 spiro atoms. The highest BCUT2D eigenvalue weighted by atomic mass is 19.1. The number of hydrogen-bond donors (Lipinski definition) is 4. The number of hydrogen-bond acceptors (Lipinski definition) is 8. The predicted molar refractivity (Wildman–Crippen MR) is 144 cm³/mol. The Morgan fingerprint density at radius 1 is 1.27 bits per heavy atom. The molecule has 11 nitrogen and oxygen atoms in total. The zero-order valence-electron chi connectivity index (χ0n) is 22.4. The number of aromatic nitrogens is 3. The van der Waals surface area contributed by atoms with Crippen molar-refractivity contribution in [2.24, 2.45) is 5.92 Å². The van der Waals surface area contributed by atoms with Gasteiger partial charge in [0.05, 0.1) is 58.7 Å². The first kappa shape index (κ1) is 27.5. The van der Waals surface area contributed by atoms with Gasteiger partial charge in [0.15, 0.2) is 0 Å². The quantitative estimate of drug-likeness (QED) is 0.300. The van der Waals surface area contributed by atoms with Crippen LogP contribution in [0.5, 0.6) is 0 Å². The number of anilines is 1. The first-order valence-corrected chi connectivity index (χ1v) is 13.3. The molecule has 1 aliphatic heterocycles. The van der Waals surface area contributed by atoms with Crippen molar-refractivity contribution in [1.82, 2.24) is 25.2 Å². The number of aliphatic hydroxyl groups is 1. The third-order valence-electron chi connectivity index (χ3n) is 7.40. The minimum Gasteiger partial charge on any atom is -0.387 e. The lowest BCUT2D eigenvalue weighted by molar-refractivity contribution is -0.145. The topological polar surface area (TPSA) is 154 Å². The van der Waals surface area contributed by atoms with Crippen LogP contribution in [0, 0.1) is 17.2 Å². The first-order valence-electron chi connectivity index (χ1n) is 13.3. The van der Waals surface area contributed by atoms with Gasteiger partial charge in [-0.2, -0.15) is 10.4 Å². The number of pyridine rings is 1. The van der Waals surface area contributed by atoms with E-state index in [0.29, 0.717) is 41.7 Å². The Morgan fingerprint density at radius 3 is 2.73 bits per heavy atom. The molecule has 40 heavy (non-hydrogen) atoms. The molecule has 3 aromatic rings. The molecule has 4 N–H and O–H groups in total. The van der Waals surface area contributed by atoms with Crippen molar-refractivity contribution in [2.75, 3.05) is 25.0 Å². The van der Waals surface area contributed by atoms with E-state index in [4.69, 9.17) is 4.74 Å². The monoisotopic (exact) mass is 549 g/mol. The van der Waals surface area contributed by atoms with Crippen molar-refractivity contribution in [3.8, 4) is 17.5 Å². The molecule has 0 aromatic carbocycles. The van der Waals surface area contributed by atoms with Crippen molar-refractivity contribution >= 4 is 23.0 Å². The van der Waals surface area contributed by atoms with E-state index in [1.165, 1.54) is 26.2 Å². The van der Waals surface area contributed by atoms with Crippen molar-refractivity contribution in [1.29, 1.82) is 5.26 Å². The van der Waals surface area contributed by atoms with Crippen molar-refractivity contribution in [3.63, 3.8) is 0 Å². The number of nitriles is 1. The molecule has 2 atom stereocenters. The number of nitrogens with one attached hydrogen (secondary N) is 3. The molecular weight excluding hydrogens is 517 g/mol. The second-order valence-corrected chi connectivity index (χ2v) is 10.9. The molecule has 2 aliphatic rings. The molecule has 4 heterocycles. The number of rotatable bonds is 10. The van der Waals surface area contributed by atoms with Gasteiger partial charge in [-0.25, -0.2) is 8.91 Å². The Morgan fingerprint density at radius 2 is 2.05 bits per heavy atom. The number of alkyl halides is 1. The summed E-state index contributed by atoms with van der Waals surface area (Å²) in [4.78, 5) is 29.6. The van der Waals surface area contributed by atoms with Crippen LogP contribution in [0.1, 0.15) is 49.0 Å². The Hall–Kier alpha value is -4.08. The summed E-state index contributed by atoms with van der Waals surface area (Å²) in [7, 11) is 0. The third-order valence-corrected chi connectivity index (χ3v) is 7.40. The van der Waals surface area contributed by atoms with E-state index in [-0.39, 0.29) is 30.2 Å². The maximum Gasteiger partial charge on any atom is 0.255 e. The average molecular weight is 550 g/mol. The lowest BCUT2D eigenvalue weighted by Gasteiger charge is -2.37. The maximum atomic E-state index is 14.3. The highest BCUT2D eigenvalue weighted by Crippen LogP contribution is 2.33. The smallest absolute Gasteiger partial charge is 0.255 e. The van der Waals surface area contributed by atoms with Gasteiger partial charge in [0.25, 0.3) is 5.91 Å². The molecule has 1 aliphatic carbocycles. The molecule has 1 saturated carbocycles. The van der Waals surface area contributed by atoms with Crippen LogP contribution in [0.25, 0.3) is 16.9 Å².